The largest absolute Gasteiger partial charge is 0.496 e. The van der Waals surface area contributed by atoms with E-state index in [1.807, 2.05) is 7.05 Å². The number of benzene rings is 1. The second kappa shape index (κ2) is 4.46. The van der Waals surface area contributed by atoms with Gasteiger partial charge in [-0.05, 0) is 44.0 Å². The molecule has 2 rings (SSSR count). The summed E-state index contributed by atoms with van der Waals surface area (Å²) in [6.45, 7) is 3.16. The van der Waals surface area contributed by atoms with Crippen molar-refractivity contribution in [2.75, 3.05) is 20.7 Å². The SMILES string of the molecule is CNCC1(c2ccc(C)c(OC)c2)CCC1. The summed E-state index contributed by atoms with van der Waals surface area (Å²) in [7, 11) is 3.78. The number of methoxy groups -OCH3 is 1. The van der Waals surface area contributed by atoms with Gasteiger partial charge >= 0.3 is 0 Å². The van der Waals surface area contributed by atoms with Crippen LogP contribution in [0.4, 0.5) is 0 Å². The highest BCUT2D eigenvalue weighted by Gasteiger charge is 2.38. The average Bonchev–Trinajstić information content (AvgIpc) is 2.24. The van der Waals surface area contributed by atoms with Crippen LogP contribution in [0.3, 0.4) is 0 Å². The quantitative estimate of drug-likeness (QED) is 0.840. The maximum Gasteiger partial charge on any atom is 0.122 e. The van der Waals surface area contributed by atoms with E-state index < -0.39 is 0 Å². The fourth-order valence-corrected chi connectivity index (χ4v) is 2.66. The van der Waals surface area contributed by atoms with Crippen molar-refractivity contribution in [2.24, 2.45) is 0 Å². The summed E-state index contributed by atoms with van der Waals surface area (Å²) >= 11 is 0. The minimum Gasteiger partial charge on any atom is -0.496 e. The summed E-state index contributed by atoms with van der Waals surface area (Å²) in [5.41, 5.74) is 3.00. The van der Waals surface area contributed by atoms with Crippen LogP contribution in [-0.4, -0.2) is 20.7 Å². The van der Waals surface area contributed by atoms with Crippen molar-refractivity contribution in [3.05, 3.63) is 29.3 Å². The van der Waals surface area contributed by atoms with E-state index in [4.69, 9.17) is 4.74 Å². The molecule has 1 saturated carbocycles. The maximum atomic E-state index is 5.41. The van der Waals surface area contributed by atoms with E-state index in [0.29, 0.717) is 5.41 Å². The summed E-state index contributed by atoms with van der Waals surface area (Å²) in [4.78, 5) is 0. The lowest BCUT2D eigenvalue weighted by molar-refractivity contribution is 0.238. The Labute approximate surface area is 98.0 Å². The third-order valence-electron chi connectivity index (χ3n) is 3.85. The lowest BCUT2D eigenvalue weighted by Crippen LogP contribution is -2.42. The minimum absolute atomic E-state index is 0.357. The monoisotopic (exact) mass is 219 g/mol. The molecule has 0 heterocycles. The van der Waals surface area contributed by atoms with Crippen molar-refractivity contribution in [1.29, 1.82) is 0 Å². The number of ether oxygens (including phenoxy) is 1. The van der Waals surface area contributed by atoms with Crippen molar-refractivity contribution < 1.29 is 4.74 Å². The second-order valence-electron chi connectivity index (χ2n) is 4.85. The summed E-state index contributed by atoms with van der Waals surface area (Å²) in [5.74, 6) is 1.01. The van der Waals surface area contributed by atoms with Crippen LogP contribution in [-0.2, 0) is 5.41 Å². The van der Waals surface area contributed by atoms with Crippen LogP contribution < -0.4 is 10.1 Å². The number of aryl methyl sites for hydroxylation is 1. The maximum absolute atomic E-state index is 5.41. The van der Waals surface area contributed by atoms with Crippen molar-refractivity contribution in [2.45, 2.75) is 31.6 Å². The van der Waals surface area contributed by atoms with E-state index in [9.17, 15) is 0 Å². The fourth-order valence-electron chi connectivity index (χ4n) is 2.66. The lowest BCUT2D eigenvalue weighted by atomic mass is 9.64. The van der Waals surface area contributed by atoms with Gasteiger partial charge in [0, 0.05) is 12.0 Å². The Morgan fingerprint density at radius 2 is 2.12 bits per heavy atom. The first-order valence-electron chi connectivity index (χ1n) is 6.01. The molecule has 1 N–H and O–H groups in total. The molecule has 0 atom stereocenters. The van der Waals surface area contributed by atoms with Crippen LogP contribution in [0.1, 0.15) is 30.4 Å². The molecule has 0 spiro atoms. The van der Waals surface area contributed by atoms with Crippen molar-refractivity contribution in [1.82, 2.24) is 5.32 Å². The summed E-state index contributed by atoms with van der Waals surface area (Å²) < 4.78 is 5.41. The van der Waals surface area contributed by atoms with E-state index in [-0.39, 0.29) is 0 Å². The standard InChI is InChI=1S/C14H21NO/c1-11-5-6-12(9-13(11)16-3)14(10-15-2)7-4-8-14/h5-6,9,15H,4,7-8,10H2,1-3H3. The fraction of sp³-hybridized carbons (Fsp3) is 0.571. The van der Waals surface area contributed by atoms with E-state index in [0.717, 1.165) is 12.3 Å². The number of rotatable bonds is 4. The Morgan fingerprint density at radius 3 is 2.62 bits per heavy atom. The van der Waals surface area contributed by atoms with Gasteiger partial charge in [-0.1, -0.05) is 18.6 Å². The molecule has 0 aromatic heterocycles. The predicted molar refractivity (Wildman–Crippen MR) is 67.2 cm³/mol. The Morgan fingerprint density at radius 1 is 1.38 bits per heavy atom. The van der Waals surface area contributed by atoms with Crippen molar-refractivity contribution in [3.8, 4) is 5.75 Å². The van der Waals surface area contributed by atoms with Crippen LogP contribution in [0, 0.1) is 6.92 Å². The second-order valence-corrected chi connectivity index (χ2v) is 4.85. The Hall–Kier alpha value is -1.02. The van der Waals surface area contributed by atoms with Gasteiger partial charge in [0.25, 0.3) is 0 Å². The molecule has 0 radical (unpaired) electrons. The highest BCUT2D eigenvalue weighted by atomic mass is 16.5. The van der Waals surface area contributed by atoms with Crippen LogP contribution in [0.5, 0.6) is 5.75 Å². The third kappa shape index (κ3) is 1.82. The van der Waals surface area contributed by atoms with E-state index in [1.54, 1.807) is 7.11 Å². The lowest BCUT2D eigenvalue weighted by Gasteiger charge is -2.42. The first-order chi connectivity index (χ1) is 7.72. The third-order valence-corrected chi connectivity index (χ3v) is 3.85. The molecular formula is C14H21NO. The molecule has 0 saturated heterocycles. The molecule has 0 amide bonds. The normalized spacial score (nSPS) is 17.9. The van der Waals surface area contributed by atoms with Gasteiger partial charge in [-0.3, -0.25) is 0 Å². The number of likely N-dealkylation sites (N-methyl/N-ethyl adjacent to an activating group) is 1. The zero-order valence-electron chi connectivity index (χ0n) is 10.5. The molecule has 88 valence electrons. The molecule has 1 aromatic rings. The van der Waals surface area contributed by atoms with E-state index >= 15 is 0 Å². The predicted octanol–water partition coefficient (Wildman–Crippen LogP) is 2.64. The molecule has 0 bridgehead atoms. The van der Waals surface area contributed by atoms with Gasteiger partial charge in [-0.25, -0.2) is 0 Å². The summed E-state index contributed by atoms with van der Waals surface area (Å²) in [6.07, 6.45) is 3.93. The molecular weight excluding hydrogens is 198 g/mol. The molecule has 16 heavy (non-hydrogen) atoms. The zero-order chi connectivity index (χ0) is 11.6. The van der Waals surface area contributed by atoms with Crippen LogP contribution >= 0.6 is 0 Å². The van der Waals surface area contributed by atoms with Gasteiger partial charge < -0.3 is 10.1 Å². The van der Waals surface area contributed by atoms with Crippen molar-refractivity contribution in [3.63, 3.8) is 0 Å². The molecule has 2 nitrogen and oxygen atoms in total. The zero-order valence-corrected chi connectivity index (χ0v) is 10.5. The number of hydrogen-bond donors (Lipinski definition) is 1. The highest BCUT2D eigenvalue weighted by molar-refractivity contribution is 5.41. The van der Waals surface area contributed by atoms with Crippen LogP contribution in [0.2, 0.25) is 0 Å². The number of nitrogens with one attached hydrogen (secondary N) is 1. The molecule has 1 aromatic carbocycles. The Bertz CT molecular complexity index is 369. The average molecular weight is 219 g/mol. The Kier molecular flexibility index (Phi) is 3.20. The van der Waals surface area contributed by atoms with Gasteiger partial charge in [0.05, 0.1) is 7.11 Å². The first-order valence-corrected chi connectivity index (χ1v) is 6.01. The molecule has 0 aliphatic heterocycles. The van der Waals surface area contributed by atoms with Gasteiger partial charge in [0.1, 0.15) is 5.75 Å². The van der Waals surface area contributed by atoms with Gasteiger partial charge in [0.15, 0.2) is 0 Å². The topological polar surface area (TPSA) is 21.3 Å². The van der Waals surface area contributed by atoms with Crippen molar-refractivity contribution >= 4 is 0 Å². The van der Waals surface area contributed by atoms with Gasteiger partial charge in [0.2, 0.25) is 0 Å². The van der Waals surface area contributed by atoms with E-state index in [1.165, 1.54) is 30.4 Å². The number of hydrogen-bond acceptors (Lipinski definition) is 2. The van der Waals surface area contributed by atoms with Crippen LogP contribution in [0.15, 0.2) is 18.2 Å². The first kappa shape index (κ1) is 11.5. The molecule has 0 unspecified atom stereocenters. The van der Waals surface area contributed by atoms with Crippen LogP contribution in [0.25, 0.3) is 0 Å². The molecule has 1 aliphatic rings. The Balaban J connectivity index is 2.31. The van der Waals surface area contributed by atoms with Gasteiger partial charge in [-0.2, -0.15) is 0 Å². The molecule has 1 aliphatic carbocycles. The molecule has 2 heteroatoms. The van der Waals surface area contributed by atoms with E-state index in [2.05, 4.69) is 30.4 Å². The highest BCUT2D eigenvalue weighted by Crippen LogP contribution is 2.44. The summed E-state index contributed by atoms with van der Waals surface area (Å²) in [6, 6.07) is 6.64. The molecule has 1 fully saturated rings. The minimum atomic E-state index is 0.357. The summed E-state index contributed by atoms with van der Waals surface area (Å²) in [5, 5.41) is 3.32. The smallest absolute Gasteiger partial charge is 0.122 e. The van der Waals surface area contributed by atoms with Gasteiger partial charge in [-0.15, -0.1) is 0 Å².